The van der Waals surface area contributed by atoms with Crippen molar-refractivity contribution in [2.45, 2.75) is 47.1 Å². The molecule has 2 rings (SSSR count). The Kier molecular flexibility index (Phi) is 8.59. The summed E-state index contributed by atoms with van der Waals surface area (Å²) in [5, 5.41) is 10.1. The quantitative estimate of drug-likeness (QED) is 0.505. The molecule has 0 spiro atoms. The van der Waals surface area contributed by atoms with Crippen LogP contribution in [-0.2, 0) is 18.7 Å². The van der Waals surface area contributed by atoms with Gasteiger partial charge >= 0.3 is 33.3 Å². The summed E-state index contributed by atoms with van der Waals surface area (Å²) in [4.78, 5) is 9.30. The number of aryl methyl sites for hydroxylation is 3. The van der Waals surface area contributed by atoms with Gasteiger partial charge in [-0.1, -0.05) is 23.8 Å². The van der Waals surface area contributed by atoms with E-state index in [-0.39, 0.29) is 13.1 Å². The van der Waals surface area contributed by atoms with Crippen molar-refractivity contribution in [2.75, 3.05) is 0 Å². The first-order valence-corrected chi connectivity index (χ1v) is 10.8. The molecule has 0 fully saturated rings. The van der Waals surface area contributed by atoms with E-state index < -0.39 is 5.60 Å². The second-order valence-electron chi connectivity index (χ2n) is 6.46. The zero-order valence-corrected chi connectivity index (χ0v) is 18.0. The van der Waals surface area contributed by atoms with Crippen molar-refractivity contribution in [3.05, 3.63) is 58.4 Å². The van der Waals surface area contributed by atoms with E-state index in [9.17, 15) is 5.11 Å². The zero-order chi connectivity index (χ0) is 19.2. The van der Waals surface area contributed by atoms with Gasteiger partial charge < -0.3 is 5.11 Å². The Balaban J connectivity index is 0.000000970. The molecule has 0 saturated heterocycles. The van der Waals surface area contributed by atoms with Gasteiger partial charge in [-0.05, 0) is 64.8 Å². The van der Waals surface area contributed by atoms with Gasteiger partial charge in [0.1, 0.15) is 5.60 Å². The first kappa shape index (κ1) is 22.1. The van der Waals surface area contributed by atoms with Gasteiger partial charge in [0.25, 0.3) is 0 Å². The molecule has 6 heteroatoms. The van der Waals surface area contributed by atoms with E-state index in [0.717, 1.165) is 28.2 Å². The van der Waals surface area contributed by atoms with E-state index in [1.165, 1.54) is 5.56 Å². The molecule has 0 radical (unpaired) electrons. The number of pyridine rings is 1. The van der Waals surface area contributed by atoms with Crippen LogP contribution in [0.25, 0.3) is 0 Å². The summed E-state index contributed by atoms with van der Waals surface area (Å²) >= 11 is 0.194. The number of hydrogen-bond acceptors (Lipinski definition) is 3. The van der Waals surface area contributed by atoms with Crippen molar-refractivity contribution in [2.24, 2.45) is 4.99 Å². The molecule has 3 nitrogen and oxygen atoms in total. The number of hydrogen-bond donors (Lipinski definition) is 1. The molecule has 2 aromatic rings. The van der Waals surface area contributed by atoms with Crippen molar-refractivity contribution in [1.29, 1.82) is 0 Å². The Morgan fingerprint density at radius 2 is 1.64 bits per heavy atom. The zero-order valence-electron chi connectivity index (χ0n) is 15.3. The monoisotopic (exact) mass is 422 g/mol. The van der Waals surface area contributed by atoms with Crippen molar-refractivity contribution >= 4 is 31.6 Å². The van der Waals surface area contributed by atoms with Crippen molar-refractivity contribution in [1.82, 2.24) is 4.98 Å². The SMILES string of the molecule is CC(=Nc1c(C)cc(C)cc1C)c1cccc(C(C)(C)O)n1.[Cl][Fe][Cl]. The molecular formula is C19H24Cl2FeN2O. The molecule has 0 bridgehead atoms. The van der Waals surface area contributed by atoms with Crippen LogP contribution in [0.2, 0.25) is 0 Å². The van der Waals surface area contributed by atoms with Crippen molar-refractivity contribution in [3.8, 4) is 0 Å². The van der Waals surface area contributed by atoms with Crippen LogP contribution in [0.4, 0.5) is 5.69 Å². The van der Waals surface area contributed by atoms with E-state index in [2.05, 4.69) is 37.9 Å². The van der Waals surface area contributed by atoms with Gasteiger partial charge in [-0.15, -0.1) is 0 Å². The van der Waals surface area contributed by atoms with Gasteiger partial charge in [0, 0.05) is 0 Å². The summed E-state index contributed by atoms with van der Waals surface area (Å²) < 4.78 is 0. The first-order valence-electron chi connectivity index (χ1n) is 7.78. The fraction of sp³-hybridized carbons (Fsp3) is 0.368. The fourth-order valence-corrected chi connectivity index (χ4v) is 2.55. The Morgan fingerprint density at radius 1 is 1.12 bits per heavy atom. The summed E-state index contributed by atoms with van der Waals surface area (Å²) in [7, 11) is 9.53. The Bertz CT molecular complexity index is 732. The second-order valence-corrected chi connectivity index (χ2v) is 8.29. The number of benzene rings is 1. The third kappa shape index (κ3) is 6.73. The predicted octanol–water partition coefficient (Wildman–Crippen LogP) is 5.75. The molecular weight excluding hydrogens is 399 g/mol. The van der Waals surface area contributed by atoms with Crippen molar-refractivity contribution in [3.63, 3.8) is 0 Å². The molecule has 0 aliphatic heterocycles. The maximum absolute atomic E-state index is 10.1. The van der Waals surface area contributed by atoms with Crippen LogP contribution in [0, 0.1) is 20.8 Å². The number of aliphatic imine (C=N–C) groups is 1. The average Bonchev–Trinajstić information content (AvgIpc) is 2.50. The topological polar surface area (TPSA) is 45.5 Å². The molecule has 0 saturated carbocycles. The van der Waals surface area contributed by atoms with E-state index in [4.69, 9.17) is 25.2 Å². The summed E-state index contributed by atoms with van der Waals surface area (Å²) in [5.41, 5.74) is 5.90. The molecule has 0 amide bonds. The predicted molar refractivity (Wildman–Crippen MR) is 104 cm³/mol. The molecule has 0 aliphatic rings. The fourth-order valence-electron chi connectivity index (χ4n) is 2.55. The van der Waals surface area contributed by atoms with Crippen LogP contribution in [0.1, 0.15) is 48.8 Å². The maximum atomic E-state index is 10.1. The minimum atomic E-state index is -0.952. The summed E-state index contributed by atoms with van der Waals surface area (Å²) in [6, 6.07) is 9.94. The van der Waals surface area contributed by atoms with E-state index in [0.29, 0.717) is 5.69 Å². The molecule has 1 aromatic carbocycles. The Hall–Kier alpha value is -0.901. The van der Waals surface area contributed by atoms with Crippen molar-refractivity contribution < 1.29 is 18.2 Å². The third-order valence-corrected chi connectivity index (χ3v) is 3.66. The molecule has 1 aromatic heterocycles. The molecule has 1 N–H and O–H groups in total. The average molecular weight is 423 g/mol. The number of aliphatic hydroxyl groups is 1. The molecule has 25 heavy (non-hydrogen) atoms. The van der Waals surface area contributed by atoms with Gasteiger partial charge in [0.2, 0.25) is 0 Å². The molecule has 138 valence electrons. The number of aromatic nitrogens is 1. The van der Waals surface area contributed by atoms with Gasteiger partial charge in [0.15, 0.2) is 0 Å². The van der Waals surface area contributed by atoms with E-state index in [1.807, 2.05) is 25.1 Å². The minimum absolute atomic E-state index is 0.194. The first-order chi connectivity index (χ1) is 11.6. The molecule has 0 aliphatic carbocycles. The second kappa shape index (κ2) is 9.70. The van der Waals surface area contributed by atoms with Gasteiger partial charge in [0.05, 0.1) is 22.8 Å². The number of nitrogens with zero attached hydrogens (tertiary/aromatic N) is 2. The molecule has 0 unspecified atom stereocenters. The molecule has 0 atom stereocenters. The van der Waals surface area contributed by atoms with Crippen LogP contribution in [0.3, 0.4) is 0 Å². The summed E-state index contributed by atoms with van der Waals surface area (Å²) in [6.07, 6.45) is 0. The summed E-state index contributed by atoms with van der Waals surface area (Å²) in [6.45, 7) is 11.7. The number of halogens is 2. The van der Waals surface area contributed by atoms with Crippen LogP contribution < -0.4 is 0 Å². The number of rotatable bonds is 3. The van der Waals surface area contributed by atoms with E-state index in [1.54, 1.807) is 13.8 Å². The Morgan fingerprint density at radius 3 is 2.12 bits per heavy atom. The van der Waals surface area contributed by atoms with E-state index >= 15 is 0 Å². The van der Waals surface area contributed by atoms with Gasteiger partial charge in [-0.3, -0.25) is 4.99 Å². The third-order valence-electron chi connectivity index (χ3n) is 3.66. The van der Waals surface area contributed by atoms with Gasteiger partial charge in [-0.25, -0.2) is 4.98 Å². The van der Waals surface area contributed by atoms with Crippen LogP contribution in [0.15, 0.2) is 35.3 Å². The van der Waals surface area contributed by atoms with Crippen LogP contribution >= 0.6 is 20.2 Å². The van der Waals surface area contributed by atoms with Gasteiger partial charge in [-0.2, -0.15) is 0 Å². The van der Waals surface area contributed by atoms with Crippen LogP contribution in [0.5, 0.6) is 0 Å². The summed E-state index contributed by atoms with van der Waals surface area (Å²) in [5.74, 6) is 0. The normalized spacial score (nSPS) is 12.0. The van der Waals surface area contributed by atoms with Crippen LogP contribution in [-0.4, -0.2) is 15.8 Å². The Labute approximate surface area is 165 Å². The molecule has 1 heterocycles. The standard InChI is InChI=1S/C19H24N2O.2ClH.Fe/c1-12-10-13(2)18(14(3)11-12)20-15(4)16-8-7-9-17(21-16)19(5,6)22;;;/h7-11,22H,1-6H3;2*1H;/q;;;+2/p-2.